The van der Waals surface area contributed by atoms with Crippen LogP contribution < -0.4 is 0 Å². The highest BCUT2D eigenvalue weighted by Gasteiger charge is 2.12. The lowest BCUT2D eigenvalue weighted by Gasteiger charge is -1.98. The van der Waals surface area contributed by atoms with Crippen molar-refractivity contribution in [3.8, 4) is 11.3 Å². The smallest absolute Gasteiger partial charge is 0.261 e. The van der Waals surface area contributed by atoms with Crippen molar-refractivity contribution >= 4 is 19.7 Å². The number of halogens is 1. The standard InChI is InChI=1S/C12H12ClNO3S/c1-8(2)11-7-12(17-14-11)9-3-5-10(6-4-9)18(13,15)16/h3-8H,1-2H3. The fourth-order valence-electron chi connectivity index (χ4n) is 1.48. The number of aromatic nitrogens is 1. The second-order valence-corrected chi connectivity index (χ2v) is 6.80. The Labute approximate surface area is 110 Å². The van der Waals surface area contributed by atoms with Crippen molar-refractivity contribution in [2.24, 2.45) is 0 Å². The van der Waals surface area contributed by atoms with E-state index in [1.54, 1.807) is 12.1 Å². The molecule has 0 saturated carbocycles. The molecule has 0 atom stereocenters. The van der Waals surface area contributed by atoms with Crippen LogP contribution in [0.15, 0.2) is 39.8 Å². The highest BCUT2D eigenvalue weighted by Crippen LogP contribution is 2.25. The molecule has 18 heavy (non-hydrogen) atoms. The molecule has 0 radical (unpaired) electrons. The van der Waals surface area contributed by atoms with Crippen LogP contribution in [0.4, 0.5) is 0 Å². The molecular weight excluding hydrogens is 274 g/mol. The summed E-state index contributed by atoms with van der Waals surface area (Å²) in [5, 5.41) is 3.94. The number of rotatable bonds is 3. The average Bonchev–Trinajstić information content (AvgIpc) is 2.77. The molecule has 0 bridgehead atoms. The van der Waals surface area contributed by atoms with Crippen LogP contribution in [0.3, 0.4) is 0 Å². The van der Waals surface area contributed by atoms with Crippen LogP contribution in [0.2, 0.25) is 0 Å². The van der Waals surface area contributed by atoms with E-state index in [4.69, 9.17) is 15.2 Å². The van der Waals surface area contributed by atoms with Crippen LogP contribution in [0.1, 0.15) is 25.5 Å². The Morgan fingerprint density at radius 1 is 1.22 bits per heavy atom. The zero-order valence-corrected chi connectivity index (χ0v) is 11.5. The molecule has 0 amide bonds. The van der Waals surface area contributed by atoms with Gasteiger partial charge >= 0.3 is 0 Å². The van der Waals surface area contributed by atoms with Crippen LogP contribution in [0, 0.1) is 0 Å². The molecule has 0 aliphatic heterocycles. The first-order chi connectivity index (χ1) is 8.38. The molecule has 0 fully saturated rings. The first-order valence-corrected chi connectivity index (χ1v) is 7.70. The quantitative estimate of drug-likeness (QED) is 0.811. The molecule has 96 valence electrons. The molecule has 0 aliphatic rings. The molecule has 1 aromatic carbocycles. The first-order valence-electron chi connectivity index (χ1n) is 5.39. The largest absolute Gasteiger partial charge is 0.356 e. The van der Waals surface area contributed by atoms with E-state index in [0.29, 0.717) is 5.76 Å². The number of nitrogens with zero attached hydrogens (tertiary/aromatic N) is 1. The van der Waals surface area contributed by atoms with Crippen molar-refractivity contribution in [3.05, 3.63) is 36.0 Å². The molecule has 0 spiro atoms. The fraction of sp³-hybridized carbons (Fsp3) is 0.250. The van der Waals surface area contributed by atoms with E-state index in [1.807, 2.05) is 19.9 Å². The summed E-state index contributed by atoms with van der Waals surface area (Å²) in [6, 6.07) is 8.00. The van der Waals surface area contributed by atoms with Gasteiger partial charge in [0.1, 0.15) is 0 Å². The van der Waals surface area contributed by atoms with Crippen molar-refractivity contribution in [3.63, 3.8) is 0 Å². The first kappa shape index (κ1) is 13.1. The molecule has 0 aliphatic carbocycles. The number of hydrogen-bond donors (Lipinski definition) is 0. The van der Waals surface area contributed by atoms with Gasteiger partial charge < -0.3 is 4.52 Å². The Balaban J connectivity index is 2.34. The SMILES string of the molecule is CC(C)c1cc(-c2ccc(S(=O)(=O)Cl)cc2)on1. The van der Waals surface area contributed by atoms with Gasteiger partial charge in [0.25, 0.3) is 9.05 Å². The zero-order chi connectivity index (χ0) is 13.3. The van der Waals surface area contributed by atoms with Crippen LogP contribution in [-0.2, 0) is 9.05 Å². The predicted molar refractivity (Wildman–Crippen MR) is 69.1 cm³/mol. The summed E-state index contributed by atoms with van der Waals surface area (Å²) in [5.41, 5.74) is 1.62. The highest BCUT2D eigenvalue weighted by atomic mass is 35.7. The van der Waals surface area contributed by atoms with Crippen LogP contribution in [-0.4, -0.2) is 13.6 Å². The van der Waals surface area contributed by atoms with Gasteiger partial charge in [-0.2, -0.15) is 0 Å². The molecule has 4 nitrogen and oxygen atoms in total. The molecule has 0 N–H and O–H groups in total. The van der Waals surface area contributed by atoms with Crippen LogP contribution in [0.5, 0.6) is 0 Å². The Hall–Kier alpha value is -1.33. The van der Waals surface area contributed by atoms with Crippen LogP contribution >= 0.6 is 10.7 Å². The molecule has 0 unspecified atom stereocenters. The highest BCUT2D eigenvalue weighted by molar-refractivity contribution is 8.13. The molecule has 6 heteroatoms. The van der Waals surface area contributed by atoms with E-state index in [2.05, 4.69) is 5.16 Å². The minimum absolute atomic E-state index is 0.0662. The molecule has 0 saturated heterocycles. The summed E-state index contributed by atoms with van der Waals surface area (Å²) in [6.07, 6.45) is 0. The molecule has 1 heterocycles. The van der Waals surface area contributed by atoms with Gasteiger partial charge in [-0.05, 0) is 30.2 Å². The summed E-state index contributed by atoms with van der Waals surface area (Å²) < 4.78 is 27.4. The van der Waals surface area contributed by atoms with Gasteiger partial charge in [-0.1, -0.05) is 19.0 Å². The maximum absolute atomic E-state index is 11.1. The third-order valence-corrected chi connectivity index (χ3v) is 3.91. The third-order valence-electron chi connectivity index (χ3n) is 2.54. The minimum atomic E-state index is -3.68. The monoisotopic (exact) mass is 285 g/mol. The van der Waals surface area contributed by atoms with Gasteiger partial charge in [-0.3, -0.25) is 0 Å². The maximum Gasteiger partial charge on any atom is 0.261 e. The van der Waals surface area contributed by atoms with Gasteiger partial charge in [-0.15, -0.1) is 0 Å². The summed E-state index contributed by atoms with van der Waals surface area (Å²) in [7, 11) is 1.56. The normalized spacial score (nSPS) is 12.0. The van der Waals surface area contributed by atoms with E-state index in [9.17, 15) is 8.42 Å². The summed E-state index contributed by atoms with van der Waals surface area (Å²) >= 11 is 0. The lowest BCUT2D eigenvalue weighted by Crippen LogP contribution is -1.89. The van der Waals surface area contributed by atoms with Crippen molar-refractivity contribution < 1.29 is 12.9 Å². The van der Waals surface area contributed by atoms with Crippen molar-refractivity contribution in [1.29, 1.82) is 0 Å². The van der Waals surface area contributed by atoms with Gasteiger partial charge in [0, 0.05) is 22.3 Å². The topological polar surface area (TPSA) is 60.2 Å². The maximum atomic E-state index is 11.1. The van der Waals surface area contributed by atoms with Crippen LogP contribution in [0.25, 0.3) is 11.3 Å². The lowest BCUT2D eigenvalue weighted by atomic mass is 10.1. The van der Waals surface area contributed by atoms with E-state index < -0.39 is 9.05 Å². The van der Waals surface area contributed by atoms with Gasteiger partial charge in [-0.25, -0.2) is 8.42 Å². The lowest BCUT2D eigenvalue weighted by molar-refractivity contribution is 0.420. The van der Waals surface area contributed by atoms with Gasteiger partial charge in [0.15, 0.2) is 5.76 Å². The van der Waals surface area contributed by atoms with E-state index in [-0.39, 0.29) is 10.8 Å². The molecular formula is C12H12ClNO3S. The Morgan fingerprint density at radius 2 is 1.83 bits per heavy atom. The van der Waals surface area contributed by atoms with Crippen molar-refractivity contribution in [2.75, 3.05) is 0 Å². The van der Waals surface area contributed by atoms with Crippen molar-refractivity contribution in [1.82, 2.24) is 5.16 Å². The second-order valence-electron chi connectivity index (χ2n) is 4.23. The molecule has 2 aromatic rings. The number of benzene rings is 1. The summed E-state index contributed by atoms with van der Waals surface area (Å²) in [5.74, 6) is 0.891. The molecule has 1 aromatic heterocycles. The van der Waals surface area contributed by atoms with Gasteiger partial charge in [0.05, 0.1) is 10.6 Å². The van der Waals surface area contributed by atoms with E-state index in [1.165, 1.54) is 12.1 Å². The summed E-state index contributed by atoms with van der Waals surface area (Å²) in [4.78, 5) is 0.0662. The van der Waals surface area contributed by atoms with Gasteiger partial charge in [0.2, 0.25) is 0 Å². The predicted octanol–water partition coefficient (Wildman–Crippen LogP) is 3.39. The van der Waals surface area contributed by atoms with E-state index >= 15 is 0 Å². The zero-order valence-electron chi connectivity index (χ0n) is 9.92. The average molecular weight is 286 g/mol. The summed E-state index contributed by atoms with van der Waals surface area (Å²) in [6.45, 7) is 4.04. The third kappa shape index (κ3) is 2.73. The van der Waals surface area contributed by atoms with E-state index in [0.717, 1.165) is 11.3 Å². The minimum Gasteiger partial charge on any atom is -0.356 e. The number of hydrogen-bond acceptors (Lipinski definition) is 4. The Bertz CT molecular complexity index is 644. The fourth-order valence-corrected chi connectivity index (χ4v) is 2.25. The van der Waals surface area contributed by atoms with Crippen molar-refractivity contribution in [2.45, 2.75) is 24.7 Å². The molecule has 2 rings (SSSR count). The Kier molecular flexibility index (Phi) is 3.45. The second kappa shape index (κ2) is 4.74. The Morgan fingerprint density at radius 3 is 2.28 bits per heavy atom.